The zero-order chi connectivity index (χ0) is 20.8. The number of carbonyl (C=O) groups is 2. The van der Waals surface area contributed by atoms with Gasteiger partial charge in [-0.25, -0.2) is 9.18 Å². The molecule has 0 aromatic heterocycles. The van der Waals surface area contributed by atoms with Gasteiger partial charge in [0.2, 0.25) is 0 Å². The second-order valence-electron chi connectivity index (χ2n) is 5.87. The number of rotatable bonds is 7. The molecule has 0 aliphatic heterocycles. The molecule has 1 amide bonds. The van der Waals surface area contributed by atoms with Crippen LogP contribution in [0.5, 0.6) is 11.5 Å². The summed E-state index contributed by atoms with van der Waals surface area (Å²) < 4.78 is 28.7. The zero-order valence-electron chi connectivity index (χ0n) is 15.6. The second kappa shape index (κ2) is 9.27. The van der Waals surface area contributed by atoms with E-state index in [0.29, 0.717) is 5.56 Å². The summed E-state index contributed by atoms with van der Waals surface area (Å²) in [5.41, 5.74) is 6.53. The highest BCUT2D eigenvalue weighted by Crippen LogP contribution is 2.29. The molecule has 0 radical (unpaired) electrons. The Morgan fingerprint density at radius 3 is 2.43 bits per heavy atom. The third kappa shape index (κ3) is 5.04. The molecule has 0 unspecified atom stereocenters. The van der Waals surface area contributed by atoms with Crippen molar-refractivity contribution in [1.29, 1.82) is 0 Å². The Kier molecular flexibility index (Phi) is 7.06. The van der Waals surface area contributed by atoms with Crippen LogP contribution < -0.4 is 15.2 Å². The van der Waals surface area contributed by atoms with Crippen molar-refractivity contribution in [2.45, 2.75) is 6.54 Å². The van der Waals surface area contributed by atoms with Crippen molar-refractivity contribution in [3.63, 3.8) is 0 Å². The maximum atomic E-state index is 13.7. The third-order valence-electron chi connectivity index (χ3n) is 3.93. The first-order valence-corrected chi connectivity index (χ1v) is 8.51. The molecule has 0 fully saturated rings. The highest BCUT2D eigenvalue weighted by atomic mass is 35.5. The Morgan fingerprint density at radius 1 is 1.14 bits per heavy atom. The number of likely N-dealkylation sites (N-methyl/N-ethyl adjacent to an activating group) is 1. The van der Waals surface area contributed by atoms with Crippen LogP contribution in [0.1, 0.15) is 15.9 Å². The number of amides is 1. The topological polar surface area (TPSA) is 91.1 Å². The van der Waals surface area contributed by atoms with Crippen molar-refractivity contribution in [3.8, 4) is 11.5 Å². The van der Waals surface area contributed by atoms with E-state index in [-0.39, 0.29) is 34.3 Å². The van der Waals surface area contributed by atoms with E-state index in [0.717, 1.165) is 0 Å². The minimum Gasteiger partial charge on any atom is -0.496 e. The summed E-state index contributed by atoms with van der Waals surface area (Å²) in [7, 11) is 4.25. The molecule has 0 saturated carbocycles. The molecule has 150 valence electrons. The Balaban J connectivity index is 1.98. The molecule has 0 atom stereocenters. The quantitative estimate of drug-likeness (QED) is 0.557. The largest absolute Gasteiger partial charge is 0.496 e. The number of nitrogens with two attached hydrogens (primary N) is 1. The summed E-state index contributed by atoms with van der Waals surface area (Å²) in [6.07, 6.45) is 0. The molecule has 0 saturated heterocycles. The lowest BCUT2D eigenvalue weighted by molar-refractivity contribution is -0.133. The molecule has 9 heteroatoms. The van der Waals surface area contributed by atoms with Gasteiger partial charge in [0.05, 0.1) is 24.9 Å². The van der Waals surface area contributed by atoms with E-state index < -0.39 is 24.3 Å². The fourth-order valence-electron chi connectivity index (χ4n) is 2.38. The van der Waals surface area contributed by atoms with Gasteiger partial charge in [-0.3, -0.25) is 4.79 Å². The lowest BCUT2D eigenvalue weighted by Crippen LogP contribution is -2.31. The molecule has 2 N–H and O–H groups in total. The number of hydrogen-bond donors (Lipinski definition) is 1. The third-order valence-corrected chi connectivity index (χ3v) is 4.25. The molecule has 2 rings (SSSR count). The van der Waals surface area contributed by atoms with Crippen LogP contribution in [0.15, 0.2) is 30.3 Å². The highest BCUT2D eigenvalue weighted by Gasteiger charge is 2.19. The number of esters is 1. The van der Waals surface area contributed by atoms with Gasteiger partial charge in [0.15, 0.2) is 18.2 Å². The monoisotopic (exact) mass is 410 g/mol. The summed E-state index contributed by atoms with van der Waals surface area (Å²) in [5.74, 6) is -1.48. The van der Waals surface area contributed by atoms with E-state index in [1.54, 1.807) is 6.07 Å². The van der Waals surface area contributed by atoms with Gasteiger partial charge in [0.1, 0.15) is 11.3 Å². The van der Waals surface area contributed by atoms with Gasteiger partial charge in [0, 0.05) is 19.7 Å². The molecular formula is C19H20ClFN2O5. The van der Waals surface area contributed by atoms with Crippen molar-refractivity contribution < 1.29 is 28.2 Å². The molecule has 0 heterocycles. The van der Waals surface area contributed by atoms with Gasteiger partial charge in [-0.05, 0) is 23.8 Å². The first kappa shape index (κ1) is 21.3. The number of methoxy groups -OCH3 is 2. The minimum atomic E-state index is -0.781. The molecular weight excluding hydrogens is 391 g/mol. The number of anilines is 1. The van der Waals surface area contributed by atoms with Gasteiger partial charge < -0.3 is 24.8 Å². The van der Waals surface area contributed by atoms with Crippen molar-refractivity contribution in [3.05, 3.63) is 52.3 Å². The highest BCUT2D eigenvalue weighted by molar-refractivity contribution is 6.33. The molecule has 7 nitrogen and oxygen atoms in total. The Hall–Kier alpha value is -3.00. The molecule has 0 aliphatic carbocycles. The van der Waals surface area contributed by atoms with Crippen molar-refractivity contribution in [2.24, 2.45) is 0 Å². The maximum absolute atomic E-state index is 13.7. The molecule has 28 heavy (non-hydrogen) atoms. The fourth-order valence-corrected chi connectivity index (χ4v) is 2.55. The van der Waals surface area contributed by atoms with Gasteiger partial charge in [-0.15, -0.1) is 0 Å². The number of hydrogen-bond acceptors (Lipinski definition) is 6. The average molecular weight is 411 g/mol. The first-order valence-electron chi connectivity index (χ1n) is 8.13. The second-order valence-corrected chi connectivity index (χ2v) is 6.28. The smallest absolute Gasteiger partial charge is 0.342 e. The van der Waals surface area contributed by atoms with Gasteiger partial charge >= 0.3 is 5.97 Å². The maximum Gasteiger partial charge on any atom is 0.342 e. The number of ether oxygens (including phenoxy) is 3. The lowest BCUT2D eigenvalue weighted by Gasteiger charge is -2.18. The Labute approximate surface area is 166 Å². The van der Waals surface area contributed by atoms with Crippen molar-refractivity contribution in [1.82, 2.24) is 4.90 Å². The standard InChI is InChI=1S/C19H20ClFN2O5/c1-23(9-11-4-5-16(26-2)14(21)6-11)18(24)10-28-19(25)12-7-13(20)15(22)8-17(12)27-3/h4-8H,9-10,22H2,1-3H3. The van der Waals surface area contributed by atoms with E-state index in [2.05, 4.69) is 0 Å². The van der Waals surface area contributed by atoms with Gasteiger partial charge in [0.25, 0.3) is 5.91 Å². The van der Waals surface area contributed by atoms with Crippen LogP contribution in [-0.2, 0) is 16.1 Å². The molecule has 2 aromatic carbocycles. The van der Waals surface area contributed by atoms with Crippen LogP contribution in [-0.4, -0.2) is 44.7 Å². The molecule has 2 aromatic rings. The summed E-state index contributed by atoms with van der Waals surface area (Å²) in [4.78, 5) is 25.8. The Morgan fingerprint density at radius 2 is 1.82 bits per heavy atom. The Bertz CT molecular complexity index is 891. The summed E-state index contributed by atoms with van der Waals surface area (Å²) in [6, 6.07) is 7.09. The number of halogens is 2. The summed E-state index contributed by atoms with van der Waals surface area (Å²) in [6.45, 7) is -0.368. The minimum absolute atomic E-state index is 0.0504. The zero-order valence-corrected chi connectivity index (χ0v) is 16.4. The number of nitrogen functional groups attached to an aromatic ring is 1. The lowest BCUT2D eigenvalue weighted by atomic mass is 10.2. The van der Waals surface area contributed by atoms with E-state index in [1.165, 1.54) is 50.4 Å². The van der Waals surface area contributed by atoms with Crippen LogP contribution in [0.2, 0.25) is 5.02 Å². The molecule has 0 aliphatic rings. The van der Waals surface area contributed by atoms with Crippen LogP contribution in [0, 0.1) is 5.82 Å². The van der Waals surface area contributed by atoms with Crippen LogP contribution >= 0.6 is 11.6 Å². The first-order chi connectivity index (χ1) is 13.3. The normalized spacial score (nSPS) is 10.3. The van der Waals surface area contributed by atoms with E-state index in [1.807, 2.05) is 0 Å². The van der Waals surface area contributed by atoms with Crippen LogP contribution in [0.3, 0.4) is 0 Å². The molecule has 0 spiro atoms. The fraction of sp³-hybridized carbons (Fsp3) is 0.263. The number of carbonyl (C=O) groups excluding carboxylic acids is 2. The van der Waals surface area contributed by atoms with E-state index in [4.69, 9.17) is 31.5 Å². The summed E-state index contributed by atoms with van der Waals surface area (Å²) >= 11 is 5.92. The number of nitrogens with zero attached hydrogens (tertiary/aromatic N) is 1. The average Bonchev–Trinajstić information content (AvgIpc) is 2.67. The van der Waals surface area contributed by atoms with Crippen molar-refractivity contribution >= 4 is 29.2 Å². The van der Waals surface area contributed by atoms with E-state index in [9.17, 15) is 14.0 Å². The van der Waals surface area contributed by atoms with Crippen molar-refractivity contribution in [2.75, 3.05) is 33.6 Å². The predicted molar refractivity (Wildman–Crippen MR) is 102 cm³/mol. The van der Waals surface area contributed by atoms with Crippen LogP contribution in [0.25, 0.3) is 0 Å². The van der Waals surface area contributed by atoms with Gasteiger partial charge in [-0.1, -0.05) is 17.7 Å². The SMILES string of the molecule is COc1ccc(CN(C)C(=O)COC(=O)c2cc(Cl)c(N)cc2OC)cc1F. The predicted octanol–water partition coefficient (Wildman–Crippen LogP) is 2.89. The summed E-state index contributed by atoms with van der Waals surface area (Å²) in [5, 5.41) is 0.165. The van der Waals surface area contributed by atoms with E-state index >= 15 is 0 Å². The number of benzene rings is 2. The molecule has 0 bridgehead atoms. The van der Waals surface area contributed by atoms with Gasteiger partial charge in [-0.2, -0.15) is 0 Å². The van der Waals surface area contributed by atoms with Crippen LogP contribution in [0.4, 0.5) is 10.1 Å².